The van der Waals surface area contributed by atoms with Crippen molar-refractivity contribution in [2.75, 3.05) is 20.1 Å². The van der Waals surface area contributed by atoms with Gasteiger partial charge in [0.15, 0.2) is 0 Å². The Hall–Kier alpha value is -0.930. The van der Waals surface area contributed by atoms with Gasteiger partial charge in [0.1, 0.15) is 0 Å². The van der Waals surface area contributed by atoms with E-state index < -0.39 is 0 Å². The molecule has 0 radical (unpaired) electrons. The topological polar surface area (TPSA) is 42.1 Å². The summed E-state index contributed by atoms with van der Waals surface area (Å²) in [5.41, 5.74) is 8.40. The zero-order valence-electron chi connectivity index (χ0n) is 8.77. The van der Waals surface area contributed by atoms with E-state index in [4.69, 9.17) is 5.73 Å². The fourth-order valence-electron chi connectivity index (χ4n) is 2.08. The van der Waals surface area contributed by atoms with E-state index in [-0.39, 0.29) is 6.04 Å². The van der Waals surface area contributed by atoms with Crippen LogP contribution in [0.15, 0.2) is 18.3 Å². The van der Waals surface area contributed by atoms with Gasteiger partial charge in [-0.2, -0.15) is 0 Å². The maximum absolute atomic E-state index is 6.07. The second-order valence-electron chi connectivity index (χ2n) is 4.22. The number of pyridine rings is 1. The fourth-order valence-corrected chi connectivity index (χ4v) is 2.08. The molecule has 0 spiro atoms. The van der Waals surface area contributed by atoms with E-state index in [1.54, 1.807) is 0 Å². The molecule has 3 nitrogen and oxygen atoms in total. The van der Waals surface area contributed by atoms with Gasteiger partial charge < -0.3 is 10.6 Å². The lowest BCUT2D eigenvalue weighted by Crippen LogP contribution is -2.27. The number of aromatic nitrogens is 1. The summed E-state index contributed by atoms with van der Waals surface area (Å²) in [4.78, 5) is 6.58. The molecule has 1 fully saturated rings. The first kappa shape index (κ1) is 9.62. The number of likely N-dealkylation sites (tertiary alicyclic amines) is 1. The smallest absolute Gasteiger partial charge is 0.0372 e. The minimum Gasteiger partial charge on any atom is -0.326 e. The first-order chi connectivity index (χ1) is 6.66. The zero-order valence-corrected chi connectivity index (χ0v) is 8.77. The first-order valence-corrected chi connectivity index (χ1v) is 5.03. The van der Waals surface area contributed by atoms with Gasteiger partial charge in [-0.3, -0.25) is 4.98 Å². The summed E-state index contributed by atoms with van der Waals surface area (Å²) in [5.74, 6) is 0.452. The summed E-state index contributed by atoms with van der Waals surface area (Å²) in [5, 5.41) is 0. The average Bonchev–Trinajstić information content (AvgIpc) is 2.47. The van der Waals surface area contributed by atoms with Crippen LogP contribution in [-0.4, -0.2) is 36.1 Å². The molecule has 3 heteroatoms. The zero-order chi connectivity index (χ0) is 10.1. The minimum absolute atomic E-state index is 0.254. The Balaban J connectivity index is 2.19. The van der Waals surface area contributed by atoms with Crippen LogP contribution >= 0.6 is 0 Å². The van der Waals surface area contributed by atoms with Crippen LogP contribution in [0.2, 0.25) is 0 Å². The molecule has 0 amide bonds. The number of likely N-dealkylation sites (N-methyl/N-ethyl adjacent to an activating group) is 1. The second-order valence-corrected chi connectivity index (χ2v) is 4.22. The number of nitrogens with zero attached hydrogens (tertiary/aromatic N) is 2. The van der Waals surface area contributed by atoms with Crippen molar-refractivity contribution < 1.29 is 0 Å². The Labute approximate surface area is 84.9 Å². The van der Waals surface area contributed by atoms with Crippen molar-refractivity contribution in [3.8, 4) is 0 Å². The first-order valence-electron chi connectivity index (χ1n) is 5.03. The third-order valence-electron chi connectivity index (χ3n) is 2.91. The number of rotatable bonds is 1. The number of hydrogen-bond donors (Lipinski definition) is 1. The highest BCUT2D eigenvalue weighted by Gasteiger charge is 2.28. The Morgan fingerprint density at radius 3 is 2.71 bits per heavy atom. The van der Waals surface area contributed by atoms with Crippen LogP contribution in [0.1, 0.15) is 17.2 Å². The van der Waals surface area contributed by atoms with E-state index in [2.05, 4.69) is 29.1 Å². The molecule has 1 aliphatic rings. The fraction of sp³-hybridized carbons (Fsp3) is 0.545. The SMILES string of the molecule is Cc1ccc([C@H]2CN(C)C[C@@H]2N)cn1. The van der Waals surface area contributed by atoms with Crippen molar-refractivity contribution in [3.63, 3.8) is 0 Å². The molecule has 2 rings (SSSR count). The lowest BCUT2D eigenvalue weighted by atomic mass is 9.96. The van der Waals surface area contributed by atoms with Crippen molar-refractivity contribution >= 4 is 0 Å². The quantitative estimate of drug-likeness (QED) is 0.712. The Morgan fingerprint density at radius 2 is 2.21 bits per heavy atom. The van der Waals surface area contributed by atoms with Gasteiger partial charge in [0.2, 0.25) is 0 Å². The third kappa shape index (κ3) is 1.79. The standard InChI is InChI=1S/C11H17N3/c1-8-3-4-9(5-13-8)10-6-14(2)7-11(10)12/h3-5,10-11H,6-7,12H2,1-2H3/t10-,11+/m1/s1. The van der Waals surface area contributed by atoms with Gasteiger partial charge in [-0.05, 0) is 25.6 Å². The van der Waals surface area contributed by atoms with Gasteiger partial charge in [-0.15, -0.1) is 0 Å². The van der Waals surface area contributed by atoms with Crippen molar-refractivity contribution in [1.29, 1.82) is 0 Å². The summed E-state index contributed by atoms with van der Waals surface area (Å²) in [6.45, 7) is 4.04. The molecule has 14 heavy (non-hydrogen) atoms. The third-order valence-corrected chi connectivity index (χ3v) is 2.91. The molecule has 1 aliphatic heterocycles. The summed E-state index contributed by atoms with van der Waals surface area (Å²) in [6.07, 6.45) is 1.96. The summed E-state index contributed by atoms with van der Waals surface area (Å²) in [6, 6.07) is 4.45. The summed E-state index contributed by atoms with van der Waals surface area (Å²) < 4.78 is 0. The molecular formula is C11H17N3. The van der Waals surface area contributed by atoms with Crippen molar-refractivity contribution in [3.05, 3.63) is 29.6 Å². The van der Waals surface area contributed by atoms with E-state index in [1.165, 1.54) is 5.56 Å². The normalized spacial score (nSPS) is 28.2. The number of nitrogens with two attached hydrogens (primary N) is 1. The molecule has 2 N–H and O–H groups in total. The van der Waals surface area contributed by atoms with Crippen LogP contribution < -0.4 is 5.73 Å². The van der Waals surface area contributed by atoms with Gasteiger partial charge >= 0.3 is 0 Å². The van der Waals surface area contributed by atoms with Crippen LogP contribution in [0, 0.1) is 6.92 Å². The molecule has 76 valence electrons. The molecular weight excluding hydrogens is 174 g/mol. The lowest BCUT2D eigenvalue weighted by molar-refractivity contribution is 0.407. The lowest BCUT2D eigenvalue weighted by Gasteiger charge is -2.13. The van der Waals surface area contributed by atoms with Crippen LogP contribution in [0.3, 0.4) is 0 Å². The highest BCUT2D eigenvalue weighted by Crippen LogP contribution is 2.24. The predicted octanol–water partition coefficient (Wildman–Crippen LogP) is 0.746. The largest absolute Gasteiger partial charge is 0.326 e. The van der Waals surface area contributed by atoms with Crippen molar-refractivity contribution in [2.24, 2.45) is 5.73 Å². The van der Waals surface area contributed by atoms with Crippen LogP contribution in [0.4, 0.5) is 0 Å². The van der Waals surface area contributed by atoms with E-state index in [1.807, 2.05) is 13.1 Å². The Morgan fingerprint density at radius 1 is 1.43 bits per heavy atom. The highest BCUT2D eigenvalue weighted by molar-refractivity contribution is 5.21. The highest BCUT2D eigenvalue weighted by atomic mass is 15.1. The molecule has 0 bridgehead atoms. The van der Waals surface area contributed by atoms with E-state index in [9.17, 15) is 0 Å². The summed E-state index contributed by atoms with van der Waals surface area (Å²) in [7, 11) is 2.11. The second kappa shape index (κ2) is 3.67. The molecule has 2 heterocycles. The van der Waals surface area contributed by atoms with Crippen molar-refractivity contribution in [2.45, 2.75) is 18.9 Å². The molecule has 0 saturated carbocycles. The molecule has 1 aromatic rings. The van der Waals surface area contributed by atoms with Crippen molar-refractivity contribution in [1.82, 2.24) is 9.88 Å². The molecule has 1 aromatic heterocycles. The van der Waals surface area contributed by atoms with E-state index >= 15 is 0 Å². The number of aryl methyl sites for hydroxylation is 1. The minimum atomic E-state index is 0.254. The van der Waals surface area contributed by atoms with E-state index in [0.717, 1.165) is 18.8 Å². The molecule has 0 unspecified atom stereocenters. The molecule has 0 aromatic carbocycles. The Kier molecular flexibility index (Phi) is 2.52. The maximum Gasteiger partial charge on any atom is 0.0372 e. The van der Waals surface area contributed by atoms with E-state index in [0.29, 0.717) is 5.92 Å². The maximum atomic E-state index is 6.07. The predicted molar refractivity (Wildman–Crippen MR) is 57.2 cm³/mol. The average molecular weight is 191 g/mol. The summed E-state index contributed by atoms with van der Waals surface area (Å²) >= 11 is 0. The van der Waals surface area contributed by atoms with Gasteiger partial charge in [0.25, 0.3) is 0 Å². The van der Waals surface area contributed by atoms with Crippen LogP contribution in [0.25, 0.3) is 0 Å². The Bertz CT molecular complexity index is 307. The van der Waals surface area contributed by atoms with Gasteiger partial charge in [-0.1, -0.05) is 6.07 Å². The van der Waals surface area contributed by atoms with Gasteiger partial charge in [0, 0.05) is 36.9 Å². The van der Waals surface area contributed by atoms with Gasteiger partial charge in [-0.25, -0.2) is 0 Å². The van der Waals surface area contributed by atoms with Gasteiger partial charge in [0.05, 0.1) is 0 Å². The monoisotopic (exact) mass is 191 g/mol. The van der Waals surface area contributed by atoms with Crippen LogP contribution in [-0.2, 0) is 0 Å². The molecule has 0 aliphatic carbocycles. The molecule has 2 atom stereocenters. The van der Waals surface area contributed by atoms with Crippen LogP contribution in [0.5, 0.6) is 0 Å². The molecule has 1 saturated heterocycles. The number of hydrogen-bond acceptors (Lipinski definition) is 3.